The van der Waals surface area contributed by atoms with Gasteiger partial charge in [-0.1, -0.05) is 13.3 Å². The van der Waals surface area contributed by atoms with E-state index in [2.05, 4.69) is 0 Å². The zero-order valence-corrected chi connectivity index (χ0v) is 9.30. The van der Waals surface area contributed by atoms with Crippen LogP contribution in [0, 0.1) is 0 Å². The van der Waals surface area contributed by atoms with Crippen LogP contribution in [-0.4, -0.2) is 51.7 Å². The second-order valence-corrected chi connectivity index (χ2v) is 4.13. The van der Waals surface area contributed by atoms with Crippen LogP contribution in [-0.2, 0) is 9.59 Å². The van der Waals surface area contributed by atoms with Crippen molar-refractivity contribution in [3.8, 4) is 0 Å². The summed E-state index contributed by atoms with van der Waals surface area (Å²) in [7, 11) is 0. The molecule has 6 nitrogen and oxygen atoms in total. The molecule has 1 aliphatic heterocycles. The summed E-state index contributed by atoms with van der Waals surface area (Å²) in [6.45, 7) is 1.97. The maximum absolute atomic E-state index is 11.8. The van der Waals surface area contributed by atoms with Gasteiger partial charge in [-0.3, -0.25) is 4.79 Å². The van der Waals surface area contributed by atoms with Crippen LogP contribution in [0.5, 0.6) is 0 Å². The SMILES string of the molecule is CCCC(N)C(=O)N1C[C@H](O)C[C@@H]1C(=O)O. The van der Waals surface area contributed by atoms with Gasteiger partial charge in [0.05, 0.1) is 12.1 Å². The van der Waals surface area contributed by atoms with Crippen molar-refractivity contribution in [1.29, 1.82) is 0 Å². The first kappa shape index (κ1) is 12.9. The van der Waals surface area contributed by atoms with Crippen LogP contribution in [0.25, 0.3) is 0 Å². The summed E-state index contributed by atoms with van der Waals surface area (Å²) in [5, 5.41) is 18.3. The summed E-state index contributed by atoms with van der Waals surface area (Å²) in [4.78, 5) is 23.9. The van der Waals surface area contributed by atoms with Crippen LogP contribution in [0.3, 0.4) is 0 Å². The molecule has 0 aliphatic carbocycles. The predicted molar refractivity (Wildman–Crippen MR) is 56.6 cm³/mol. The van der Waals surface area contributed by atoms with Gasteiger partial charge in [0.15, 0.2) is 0 Å². The lowest BCUT2D eigenvalue weighted by Gasteiger charge is -2.24. The van der Waals surface area contributed by atoms with Crippen LogP contribution >= 0.6 is 0 Å². The molecule has 6 heteroatoms. The molecule has 0 aromatic heterocycles. The Kier molecular flexibility index (Phi) is 4.26. The molecule has 16 heavy (non-hydrogen) atoms. The number of hydrogen-bond donors (Lipinski definition) is 3. The average Bonchev–Trinajstić information content (AvgIpc) is 2.59. The van der Waals surface area contributed by atoms with Crippen molar-refractivity contribution in [2.75, 3.05) is 6.54 Å². The van der Waals surface area contributed by atoms with E-state index in [1.165, 1.54) is 4.90 Å². The number of rotatable bonds is 4. The van der Waals surface area contributed by atoms with Crippen molar-refractivity contribution in [2.24, 2.45) is 5.73 Å². The molecule has 0 radical (unpaired) electrons. The molecule has 1 saturated heterocycles. The number of hydrogen-bond acceptors (Lipinski definition) is 4. The summed E-state index contributed by atoms with van der Waals surface area (Å²) in [5.41, 5.74) is 5.65. The molecule has 0 bridgehead atoms. The van der Waals surface area contributed by atoms with E-state index < -0.39 is 24.2 Å². The first-order chi connectivity index (χ1) is 7.47. The molecule has 1 unspecified atom stereocenters. The highest BCUT2D eigenvalue weighted by molar-refractivity contribution is 5.87. The first-order valence-corrected chi connectivity index (χ1v) is 5.44. The van der Waals surface area contributed by atoms with E-state index >= 15 is 0 Å². The van der Waals surface area contributed by atoms with Gasteiger partial charge in [0.25, 0.3) is 0 Å². The predicted octanol–water partition coefficient (Wildman–Crippen LogP) is -0.840. The minimum Gasteiger partial charge on any atom is -0.480 e. The second kappa shape index (κ2) is 5.27. The number of carboxylic acid groups (broad SMARTS) is 1. The number of amides is 1. The molecule has 1 amide bonds. The highest BCUT2D eigenvalue weighted by Gasteiger charge is 2.40. The molecule has 0 aromatic carbocycles. The maximum atomic E-state index is 11.8. The minimum absolute atomic E-state index is 0.0627. The molecule has 1 rings (SSSR count). The van der Waals surface area contributed by atoms with E-state index in [0.717, 1.165) is 6.42 Å². The lowest BCUT2D eigenvalue weighted by Crippen LogP contribution is -2.48. The maximum Gasteiger partial charge on any atom is 0.326 e. The molecule has 4 N–H and O–H groups in total. The molecule has 3 atom stereocenters. The van der Waals surface area contributed by atoms with Gasteiger partial charge < -0.3 is 20.8 Å². The quantitative estimate of drug-likeness (QED) is 0.584. The zero-order chi connectivity index (χ0) is 12.3. The summed E-state index contributed by atoms with van der Waals surface area (Å²) in [6.07, 6.45) is 0.609. The lowest BCUT2D eigenvalue weighted by atomic mass is 10.1. The smallest absolute Gasteiger partial charge is 0.326 e. The minimum atomic E-state index is -1.09. The number of likely N-dealkylation sites (tertiary alicyclic amines) is 1. The van der Waals surface area contributed by atoms with Gasteiger partial charge in [-0.15, -0.1) is 0 Å². The van der Waals surface area contributed by atoms with Crippen LogP contribution in [0.1, 0.15) is 26.2 Å². The highest BCUT2D eigenvalue weighted by Crippen LogP contribution is 2.19. The number of β-amino-alcohol motifs (C(OH)–C–C–N with tert-alkyl or cyclic N) is 1. The fraction of sp³-hybridized carbons (Fsp3) is 0.800. The topological polar surface area (TPSA) is 104 Å². The number of aliphatic carboxylic acids is 1. The van der Waals surface area contributed by atoms with Gasteiger partial charge in [-0.25, -0.2) is 4.79 Å². The zero-order valence-electron chi connectivity index (χ0n) is 9.30. The van der Waals surface area contributed by atoms with Gasteiger partial charge in [0, 0.05) is 13.0 Å². The largest absolute Gasteiger partial charge is 0.480 e. The normalized spacial score (nSPS) is 26.8. The Morgan fingerprint density at radius 1 is 1.56 bits per heavy atom. The van der Waals surface area contributed by atoms with E-state index in [1.807, 2.05) is 6.92 Å². The van der Waals surface area contributed by atoms with Gasteiger partial charge in [-0.05, 0) is 6.42 Å². The third kappa shape index (κ3) is 2.70. The third-order valence-corrected chi connectivity index (χ3v) is 2.76. The number of nitrogens with zero attached hydrogens (tertiary/aromatic N) is 1. The van der Waals surface area contributed by atoms with E-state index in [9.17, 15) is 14.7 Å². The molecule has 92 valence electrons. The van der Waals surface area contributed by atoms with Gasteiger partial charge in [-0.2, -0.15) is 0 Å². The number of carbonyl (C=O) groups excluding carboxylic acids is 1. The molecule has 0 aromatic rings. The molecule has 0 spiro atoms. The number of carboxylic acids is 1. The summed E-state index contributed by atoms with van der Waals surface area (Å²) in [6, 6.07) is -1.61. The van der Waals surface area contributed by atoms with Gasteiger partial charge in [0.2, 0.25) is 5.91 Å². The van der Waals surface area contributed by atoms with Crippen molar-refractivity contribution >= 4 is 11.9 Å². The molecule has 1 fully saturated rings. The van der Waals surface area contributed by atoms with Gasteiger partial charge in [0.1, 0.15) is 6.04 Å². The number of nitrogens with two attached hydrogens (primary N) is 1. The highest BCUT2D eigenvalue weighted by atomic mass is 16.4. The third-order valence-electron chi connectivity index (χ3n) is 2.76. The van der Waals surface area contributed by atoms with Gasteiger partial charge >= 0.3 is 5.97 Å². The number of aliphatic hydroxyl groups excluding tert-OH is 1. The Bertz CT molecular complexity index is 282. The van der Waals surface area contributed by atoms with E-state index in [-0.39, 0.29) is 18.9 Å². The Morgan fingerprint density at radius 2 is 2.19 bits per heavy atom. The number of carbonyl (C=O) groups is 2. The Balaban J connectivity index is 2.70. The fourth-order valence-electron chi connectivity index (χ4n) is 1.94. The van der Waals surface area contributed by atoms with Crippen molar-refractivity contribution in [1.82, 2.24) is 4.90 Å². The fourth-order valence-corrected chi connectivity index (χ4v) is 1.94. The Morgan fingerprint density at radius 3 is 2.69 bits per heavy atom. The monoisotopic (exact) mass is 230 g/mol. The summed E-state index contributed by atoms with van der Waals surface area (Å²) < 4.78 is 0. The van der Waals surface area contributed by atoms with Crippen molar-refractivity contribution in [3.05, 3.63) is 0 Å². The lowest BCUT2D eigenvalue weighted by molar-refractivity contribution is -0.148. The average molecular weight is 230 g/mol. The van der Waals surface area contributed by atoms with Crippen LogP contribution in [0.15, 0.2) is 0 Å². The Labute approximate surface area is 94.0 Å². The van der Waals surface area contributed by atoms with E-state index in [0.29, 0.717) is 6.42 Å². The van der Waals surface area contributed by atoms with Crippen LogP contribution < -0.4 is 5.73 Å². The van der Waals surface area contributed by atoms with Crippen molar-refractivity contribution < 1.29 is 19.8 Å². The van der Waals surface area contributed by atoms with E-state index in [1.54, 1.807) is 0 Å². The number of aliphatic hydroxyl groups is 1. The van der Waals surface area contributed by atoms with Crippen LogP contribution in [0.2, 0.25) is 0 Å². The summed E-state index contributed by atoms with van der Waals surface area (Å²) >= 11 is 0. The standard InChI is InChI=1S/C10H18N2O4/c1-2-3-7(11)9(14)12-5-6(13)4-8(12)10(15)16/h6-8,13H,2-5,11H2,1H3,(H,15,16)/t6-,7?,8-/m1/s1. The van der Waals surface area contributed by atoms with Crippen molar-refractivity contribution in [3.63, 3.8) is 0 Å². The first-order valence-electron chi connectivity index (χ1n) is 5.44. The molecule has 1 heterocycles. The van der Waals surface area contributed by atoms with E-state index in [4.69, 9.17) is 10.8 Å². The molecular weight excluding hydrogens is 212 g/mol. The van der Waals surface area contributed by atoms with Crippen LogP contribution in [0.4, 0.5) is 0 Å². The summed E-state index contributed by atoms with van der Waals surface area (Å²) in [5.74, 6) is -1.47. The van der Waals surface area contributed by atoms with Crippen molar-refractivity contribution in [2.45, 2.75) is 44.4 Å². The molecule has 1 aliphatic rings. The molecule has 0 saturated carbocycles. The Hall–Kier alpha value is -1.14. The second-order valence-electron chi connectivity index (χ2n) is 4.13. The molecular formula is C10H18N2O4.